The van der Waals surface area contributed by atoms with Crippen LogP contribution in [0.15, 0.2) is 28.8 Å². The number of aryl methyl sites for hydroxylation is 1. The van der Waals surface area contributed by atoms with E-state index in [1.165, 1.54) is 0 Å². The fraction of sp³-hybridized carbons (Fsp3) is 0.200. The number of benzene rings is 1. The molecule has 0 saturated carbocycles. The standard InChI is InChI=1S/C10H9ClN2O/c1-7-4-2-3-5-8(7)10-12-9(6-11)13-14-10/h2-5H,6H2,1H3. The first-order valence-electron chi connectivity index (χ1n) is 4.26. The maximum Gasteiger partial charge on any atom is 0.258 e. The van der Waals surface area contributed by atoms with Gasteiger partial charge in [0.05, 0.1) is 5.88 Å². The molecular weight excluding hydrogens is 200 g/mol. The van der Waals surface area contributed by atoms with Gasteiger partial charge < -0.3 is 4.52 Å². The van der Waals surface area contributed by atoms with Gasteiger partial charge in [-0.2, -0.15) is 4.98 Å². The van der Waals surface area contributed by atoms with Crippen LogP contribution in [0.5, 0.6) is 0 Å². The third kappa shape index (κ3) is 1.63. The lowest BCUT2D eigenvalue weighted by Gasteiger charge is -1.97. The SMILES string of the molecule is Cc1ccccc1-c1nc(CCl)no1. The maximum atomic E-state index is 5.58. The summed E-state index contributed by atoms with van der Waals surface area (Å²) in [6.45, 7) is 2.00. The number of alkyl halides is 1. The summed E-state index contributed by atoms with van der Waals surface area (Å²) in [5, 5.41) is 3.73. The van der Waals surface area contributed by atoms with Crippen molar-refractivity contribution in [3.8, 4) is 11.5 Å². The molecule has 4 heteroatoms. The largest absolute Gasteiger partial charge is 0.334 e. The van der Waals surface area contributed by atoms with Gasteiger partial charge >= 0.3 is 0 Å². The van der Waals surface area contributed by atoms with Crippen LogP contribution in [0, 0.1) is 6.92 Å². The van der Waals surface area contributed by atoms with E-state index in [0.29, 0.717) is 11.7 Å². The Kier molecular flexibility index (Phi) is 2.50. The molecule has 0 aliphatic carbocycles. The zero-order valence-electron chi connectivity index (χ0n) is 7.70. The van der Waals surface area contributed by atoms with Crippen LogP contribution >= 0.6 is 11.6 Å². The van der Waals surface area contributed by atoms with Crippen molar-refractivity contribution in [1.82, 2.24) is 10.1 Å². The van der Waals surface area contributed by atoms with E-state index in [0.717, 1.165) is 11.1 Å². The highest BCUT2D eigenvalue weighted by molar-refractivity contribution is 6.16. The molecule has 0 aliphatic rings. The fourth-order valence-corrected chi connectivity index (χ4v) is 1.34. The first-order valence-corrected chi connectivity index (χ1v) is 4.79. The molecule has 0 unspecified atom stereocenters. The van der Waals surface area contributed by atoms with Crippen molar-refractivity contribution in [3.05, 3.63) is 35.7 Å². The van der Waals surface area contributed by atoms with Gasteiger partial charge in [0.1, 0.15) is 0 Å². The van der Waals surface area contributed by atoms with Crippen molar-refractivity contribution in [1.29, 1.82) is 0 Å². The van der Waals surface area contributed by atoms with Crippen molar-refractivity contribution >= 4 is 11.6 Å². The third-order valence-corrected chi connectivity index (χ3v) is 2.20. The topological polar surface area (TPSA) is 38.9 Å². The number of hydrogen-bond acceptors (Lipinski definition) is 3. The second-order valence-corrected chi connectivity index (χ2v) is 3.23. The van der Waals surface area contributed by atoms with Gasteiger partial charge in [0.25, 0.3) is 5.89 Å². The smallest absolute Gasteiger partial charge is 0.258 e. The molecule has 0 aliphatic heterocycles. The zero-order chi connectivity index (χ0) is 9.97. The molecule has 0 spiro atoms. The second kappa shape index (κ2) is 3.80. The van der Waals surface area contributed by atoms with E-state index in [1.54, 1.807) is 0 Å². The number of halogens is 1. The number of aromatic nitrogens is 2. The lowest BCUT2D eigenvalue weighted by molar-refractivity contribution is 0.425. The van der Waals surface area contributed by atoms with Gasteiger partial charge in [-0.05, 0) is 18.6 Å². The van der Waals surface area contributed by atoms with Crippen LogP contribution in [-0.2, 0) is 5.88 Å². The van der Waals surface area contributed by atoms with Crippen molar-refractivity contribution < 1.29 is 4.52 Å². The summed E-state index contributed by atoms with van der Waals surface area (Å²) in [5.41, 5.74) is 2.06. The predicted molar refractivity (Wildman–Crippen MR) is 54.0 cm³/mol. The summed E-state index contributed by atoms with van der Waals surface area (Å²) < 4.78 is 5.08. The predicted octanol–water partition coefficient (Wildman–Crippen LogP) is 2.78. The Labute approximate surface area is 86.7 Å². The van der Waals surface area contributed by atoms with Gasteiger partial charge in [0, 0.05) is 5.56 Å². The highest BCUT2D eigenvalue weighted by atomic mass is 35.5. The Morgan fingerprint density at radius 2 is 2.14 bits per heavy atom. The van der Waals surface area contributed by atoms with Crippen LogP contribution in [-0.4, -0.2) is 10.1 Å². The summed E-state index contributed by atoms with van der Waals surface area (Å²) in [7, 11) is 0. The van der Waals surface area contributed by atoms with Gasteiger partial charge in [-0.15, -0.1) is 11.6 Å². The maximum absolute atomic E-state index is 5.58. The molecule has 14 heavy (non-hydrogen) atoms. The minimum absolute atomic E-state index is 0.273. The molecule has 0 N–H and O–H groups in total. The first kappa shape index (κ1) is 9.21. The zero-order valence-corrected chi connectivity index (χ0v) is 8.45. The Morgan fingerprint density at radius 3 is 2.79 bits per heavy atom. The summed E-state index contributed by atoms with van der Waals surface area (Å²) in [6, 6.07) is 7.85. The highest BCUT2D eigenvalue weighted by Crippen LogP contribution is 2.20. The van der Waals surface area contributed by atoms with Crippen LogP contribution in [0.1, 0.15) is 11.4 Å². The monoisotopic (exact) mass is 208 g/mol. The van der Waals surface area contributed by atoms with Crippen molar-refractivity contribution in [3.63, 3.8) is 0 Å². The van der Waals surface area contributed by atoms with E-state index in [2.05, 4.69) is 10.1 Å². The van der Waals surface area contributed by atoms with E-state index in [-0.39, 0.29) is 5.88 Å². The molecule has 1 heterocycles. The third-order valence-electron chi connectivity index (χ3n) is 1.96. The molecule has 0 atom stereocenters. The summed E-state index contributed by atoms with van der Waals surface area (Å²) >= 11 is 5.58. The van der Waals surface area contributed by atoms with Crippen LogP contribution in [0.4, 0.5) is 0 Å². The average Bonchev–Trinajstić information content (AvgIpc) is 2.67. The molecule has 0 saturated heterocycles. The molecule has 2 rings (SSSR count). The van der Waals surface area contributed by atoms with Crippen molar-refractivity contribution in [2.75, 3.05) is 0 Å². The van der Waals surface area contributed by atoms with Crippen molar-refractivity contribution in [2.24, 2.45) is 0 Å². The summed E-state index contributed by atoms with van der Waals surface area (Å²) in [4.78, 5) is 4.15. The Balaban J connectivity index is 2.44. The molecule has 1 aromatic carbocycles. The molecule has 0 radical (unpaired) electrons. The van der Waals surface area contributed by atoms with E-state index in [4.69, 9.17) is 16.1 Å². The van der Waals surface area contributed by atoms with Gasteiger partial charge in [0.15, 0.2) is 5.82 Å². The van der Waals surface area contributed by atoms with Crippen LogP contribution < -0.4 is 0 Å². The summed E-state index contributed by atoms with van der Waals surface area (Å²) in [6.07, 6.45) is 0. The van der Waals surface area contributed by atoms with Crippen LogP contribution in [0.2, 0.25) is 0 Å². The Morgan fingerprint density at radius 1 is 1.36 bits per heavy atom. The molecule has 0 fully saturated rings. The van der Waals surface area contributed by atoms with E-state index in [9.17, 15) is 0 Å². The van der Waals surface area contributed by atoms with E-state index in [1.807, 2.05) is 31.2 Å². The number of hydrogen-bond donors (Lipinski definition) is 0. The van der Waals surface area contributed by atoms with Crippen LogP contribution in [0.25, 0.3) is 11.5 Å². The lowest BCUT2D eigenvalue weighted by Crippen LogP contribution is -1.83. The second-order valence-electron chi connectivity index (χ2n) is 2.96. The molecule has 0 bridgehead atoms. The van der Waals surface area contributed by atoms with E-state index >= 15 is 0 Å². The van der Waals surface area contributed by atoms with Crippen LogP contribution in [0.3, 0.4) is 0 Å². The van der Waals surface area contributed by atoms with E-state index < -0.39 is 0 Å². The molecule has 72 valence electrons. The number of rotatable bonds is 2. The highest BCUT2D eigenvalue weighted by Gasteiger charge is 2.09. The average molecular weight is 209 g/mol. The molecule has 3 nitrogen and oxygen atoms in total. The fourth-order valence-electron chi connectivity index (χ4n) is 1.23. The number of nitrogens with zero attached hydrogens (tertiary/aromatic N) is 2. The van der Waals surface area contributed by atoms with Crippen molar-refractivity contribution in [2.45, 2.75) is 12.8 Å². The minimum atomic E-state index is 0.273. The first-order chi connectivity index (χ1) is 6.81. The Bertz CT molecular complexity index is 439. The van der Waals surface area contributed by atoms with Gasteiger partial charge in [-0.1, -0.05) is 23.4 Å². The molecular formula is C10H9ClN2O. The molecule has 0 amide bonds. The van der Waals surface area contributed by atoms with Gasteiger partial charge in [-0.3, -0.25) is 0 Å². The minimum Gasteiger partial charge on any atom is -0.334 e. The van der Waals surface area contributed by atoms with Gasteiger partial charge in [0.2, 0.25) is 0 Å². The normalized spacial score (nSPS) is 10.4. The quantitative estimate of drug-likeness (QED) is 0.713. The Hall–Kier alpha value is -1.35. The molecule has 1 aromatic heterocycles. The lowest BCUT2D eigenvalue weighted by atomic mass is 10.1. The molecule has 2 aromatic rings. The summed E-state index contributed by atoms with van der Waals surface area (Å²) in [5.74, 6) is 1.32. The van der Waals surface area contributed by atoms with Gasteiger partial charge in [-0.25, -0.2) is 0 Å².